The number of allylic oxidation sites excluding steroid dienone is 1. The van der Waals surface area contributed by atoms with Gasteiger partial charge in [0.1, 0.15) is 18.2 Å². The quantitative estimate of drug-likeness (QED) is 0.688. The molecule has 2 aliphatic rings. The van der Waals surface area contributed by atoms with Gasteiger partial charge in [0, 0.05) is 11.3 Å². The van der Waals surface area contributed by atoms with Crippen LogP contribution < -0.4 is 10.7 Å². The first-order valence-corrected chi connectivity index (χ1v) is 10.3. The molecule has 1 aromatic heterocycles. The van der Waals surface area contributed by atoms with E-state index in [1.165, 1.54) is 29.0 Å². The number of fused-ring (bicyclic) bond motifs is 3. The Hall–Kier alpha value is -3.07. The van der Waals surface area contributed by atoms with E-state index in [4.69, 9.17) is 4.74 Å². The summed E-state index contributed by atoms with van der Waals surface area (Å²) >= 11 is 0. The molecule has 0 amide bonds. The van der Waals surface area contributed by atoms with Crippen LogP contribution in [0, 0.1) is 5.82 Å². The number of rotatable bonds is 5. The molecule has 2 nitrogen and oxygen atoms in total. The Bertz CT molecular complexity index is 1170. The smallest absolute Gasteiger partial charge is 0.143 e. The molecule has 0 radical (unpaired) electrons. The minimum Gasteiger partial charge on any atom is -0.487 e. The van der Waals surface area contributed by atoms with Gasteiger partial charge in [-0.3, -0.25) is 0 Å². The van der Waals surface area contributed by atoms with Crippen LogP contribution in [-0.4, -0.2) is 4.98 Å². The van der Waals surface area contributed by atoms with Gasteiger partial charge in [-0.15, -0.1) is 0 Å². The van der Waals surface area contributed by atoms with Gasteiger partial charge in [0.15, 0.2) is 0 Å². The van der Waals surface area contributed by atoms with Crippen LogP contribution in [0.15, 0.2) is 66.7 Å². The predicted octanol–water partition coefficient (Wildman–Crippen LogP) is 4.49. The van der Waals surface area contributed by atoms with Crippen molar-refractivity contribution in [3.05, 3.63) is 106 Å². The summed E-state index contributed by atoms with van der Waals surface area (Å²) in [5.41, 5.74) is 4.90. The second kappa shape index (κ2) is 7.75. The predicted molar refractivity (Wildman–Crippen MR) is 114 cm³/mol. The van der Waals surface area contributed by atoms with E-state index in [-0.39, 0.29) is 11.7 Å². The molecule has 0 fully saturated rings. The van der Waals surface area contributed by atoms with Gasteiger partial charge in [-0.2, -0.15) is 0 Å². The first kappa shape index (κ1) is 18.0. The number of hydrogen-bond donors (Lipinski definition) is 1. The maximum absolute atomic E-state index is 13.7. The molecule has 2 aliphatic carbocycles. The van der Waals surface area contributed by atoms with Gasteiger partial charge in [-0.25, -0.2) is 4.39 Å². The van der Waals surface area contributed by atoms with Crippen LogP contribution in [0.5, 0.6) is 0 Å². The Morgan fingerprint density at radius 3 is 2.76 bits per heavy atom. The maximum atomic E-state index is 13.7. The first-order chi connectivity index (χ1) is 14.3. The topological polar surface area (TPSA) is 25.0 Å². The van der Waals surface area contributed by atoms with E-state index in [1.54, 1.807) is 12.1 Å². The van der Waals surface area contributed by atoms with Crippen LogP contribution in [0.4, 0.5) is 4.39 Å². The second-order valence-electron chi connectivity index (χ2n) is 7.84. The highest BCUT2D eigenvalue weighted by Gasteiger charge is 2.24. The van der Waals surface area contributed by atoms with E-state index in [2.05, 4.69) is 35.3 Å². The fourth-order valence-corrected chi connectivity index (χ4v) is 4.47. The number of aromatic amines is 1. The van der Waals surface area contributed by atoms with E-state index in [0.29, 0.717) is 6.61 Å². The van der Waals surface area contributed by atoms with Crippen molar-refractivity contribution in [2.24, 2.45) is 0 Å². The van der Waals surface area contributed by atoms with Crippen molar-refractivity contribution in [1.82, 2.24) is 4.98 Å². The Morgan fingerprint density at radius 1 is 1.03 bits per heavy atom. The number of halogens is 1. The molecule has 0 bridgehead atoms. The minimum absolute atomic E-state index is 0.176. The summed E-state index contributed by atoms with van der Waals surface area (Å²) in [6.07, 6.45) is 10.7. The van der Waals surface area contributed by atoms with Crippen molar-refractivity contribution in [2.75, 3.05) is 0 Å². The van der Waals surface area contributed by atoms with Crippen molar-refractivity contribution >= 4 is 11.8 Å². The van der Waals surface area contributed by atoms with Crippen molar-refractivity contribution in [2.45, 2.75) is 38.2 Å². The van der Waals surface area contributed by atoms with Crippen molar-refractivity contribution in [3.8, 4) is 0 Å². The molecule has 5 rings (SSSR count). The number of H-pyrrole nitrogens is 1. The molecule has 1 N–H and O–H groups in total. The summed E-state index contributed by atoms with van der Waals surface area (Å²) < 4.78 is 19.9. The fraction of sp³-hybridized carbons (Fsp3) is 0.231. The zero-order chi connectivity index (χ0) is 19.6. The molecular formula is C26H24FNO. The lowest BCUT2D eigenvalue weighted by molar-refractivity contribution is 0.262. The summed E-state index contributed by atoms with van der Waals surface area (Å²) in [5.74, 6) is 0.940. The second-order valence-corrected chi connectivity index (χ2v) is 7.84. The van der Waals surface area contributed by atoms with Gasteiger partial charge in [0.05, 0.1) is 5.35 Å². The average molecular weight is 385 g/mol. The molecule has 0 saturated heterocycles. The third kappa shape index (κ3) is 3.65. The summed E-state index contributed by atoms with van der Waals surface area (Å²) in [4.78, 5) is 3.62. The fourth-order valence-electron chi connectivity index (χ4n) is 4.47. The normalized spacial score (nSPS) is 17.4. The molecule has 0 saturated carbocycles. The molecular weight excluding hydrogens is 361 g/mol. The standard InChI is InChI=1S/C26H24FNO/c27-21-10-6-9-19(16-21)15-20-13-14-24(29-17-18-7-2-1-3-8-18)26-25(20)22-11-4-5-12-23(22)28-26/h1-3,6-10,12-14,16,20,28H,4-5,11,15,17H2. The number of hydrogen-bond acceptors (Lipinski definition) is 1. The lowest BCUT2D eigenvalue weighted by Crippen LogP contribution is -2.22. The largest absolute Gasteiger partial charge is 0.487 e. The zero-order valence-electron chi connectivity index (χ0n) is 16.3. The summed E-state index contributed by atoms with van der Waals surface area (Å²) in [6, 6.07) is 17.2. The van der Waals surface area contributed by atoms with Crippen LogP contribution in [0.2, 0.25) is 0 Å². The third-order valence-electron chi connectivity index (χ3n) is 5.84. The van der Waals surface area contributed by atoms with E-state index in [9.17, 15) is 4.39 Å². The Balaban J connectivity index is 1.53. The molecule has 3 heteroatoms. The number of aromatic nitrogens is 1. The number of nitrogens with one attached hydrogen (secondary N) is 1. The van der Waals surface area contributed by atoms with Crippen LogP contribution in [-0.2, 0) is 24.2 Å². The number of benzene rings is 2. The Morgan fingerprint density at radius 2 is 1.90 bits per heavy atom. The molecule has 1 unspecified atom stereocenters. The van der Waals surface area contributed by atoms with Gasteiger partial charge in [0.25, 0.3) is 0 Å². The highest BCUT2D eigenvalue weighted by Crippen LogP contribution is 2.28. The highest BCUT2D eigenvalue weighted by atomic mass is 19.1. The molecule has 146 valence electrons. The average Bonchev–Trinajstić information content (AvgIpc) is 3.14. The van der Waals surface area contributed by atoms with E-state index in [0.717, 1.165) is 41.5 Å². The van der Waals surface area contributed by atoms with Crippen molar-refractivity contribution in [1.29, 1.82) is 0 Å². The summed E-state index contributed by atoms with van der Waals surface area (Å²) in [5, 5.41) is 2.32. The lowest BCUT2D eigenvalue weighted by atomic mass is 9.85. The monoisotopic (exact) mass is 385 g/mol. The van der Waals surface area contributed by atoms with E-state index in [1.807, 2.05) is 24.3 Å². The minimum atomic E-state index is -0.176. The Labute approximate surface area is 170 Å². The highest BCUT2D eigenvalue weighted by molar-refractivity contribution is 5.58. The SMILES string of the molecule is Fc1cccc(CC2C=CC(OCc3ccccc3)=c3[nH]c4c(c32)CCCC=4)c1. The molecule has 1 atom stereocenters. The van der Waals surface area contributed by atoms with Gasteiger partial charge in [-0.1, -0.05) is 54.6 Å². The lowest BCUT2D eigenvalue weighted by Gasteiger charge is -2.20. The number of ether oxygens (including phenoxy) is 1. The summed E-state index contributed by atoms with van der Waals surface area (Å²) in [6.45, 7) is 0.544. The van der Waals surface area contributed by atoms with Crippen LogP contribution in [0.3, 0.4) is 0 Å². The first-order valence-electron chi connectivity index (χ1n) is 10.3. The van der Waals surface area contributed by atoms with Crippen LogP contribution in [0.25, 0.3) is 11.8 Å². The van der Waals surface area contributed by atoms with Gasteiger partial charge in [-0.05, 0) is 66.1 Å². The molecule has 3 aromatic rings. The zero-order valence-corrected chi connectivity index (χ0v) is 16.3. The van der Waals surface area contributed by atoms with E-state index < -0.39 is 0 Å². The molecule has 0 spiro atoms. The van der Waals surface area contributed by atoms with Crippen LogP contribution >= 0.6 is 0 Å². The molecule has 2 aromatic carbocycles. The van der Waals surface area contributed by atoms with Gasteiger partial charge >= 0.3 is 0 Å². The van der Waals surface area contributed by atoms with Gasteiger partial charge in [0.2, 0.25) is 0 Å². The van der Waals surface area contributed by atoms with E-state index >= 15 is 0 Å². The van der Waals surface area contributed by atoms with Crippen LogP contribution in [0.1, 0.15) is 41.0 Å². The van der Waals surface area contributed by atoms with Crippen molar-refractivity contribution in [3.63, 3.8) is 0 Å². The Kier molecular flexibility index (Phi) is 4.81. The molecule has 1 heterocycles. The maximum Gasteiger partial charge on any atom is 0.143 e. The van der Waals surface area contributed by atoms with Crippen molar-refractivity contribution < 1.29 is 9.13 Å². The molecule has 0 aliphatic heterocycles. The summed E-state index contributed by atoms with van der Waals surface area (Å²) in [7, 11) is 0. The van der Waals surface area contributed by atoms with Gasteiger partial charge < -0.3 is 9.72 Å². The molecule has 29 heavy (non-hydrogen) atoms. The third-order valence-corrected chi connectivity index (χ3v) is 5.84.